The van der Waals surface area contributed by atoms with Gasteiger partial charge in [-0.05, 0) is 35.7 Å². The summed E-state index contributed by atoms with van der Waals surface area (Å²) in [6.45, 7) is 2.72. The van der Waals surface area contributed by atoms with E-state index < -0.39 is 0 Å². The van der Waals surface area contributed by atoms with Crippen LogP contribution in [-0.2, 0) is 12.8 Å². The van der Waals surface area contributed by atoms with Crippen LogP contribution in [0.2, 0.25) is 0 Å². The van der Waals surface area contributed by atoms with E-state index in [1.807, 2.05) is 30.5 Å². The van der Waals surface area contributed by atoms with Crippen LogP contribution in [0.5, 0.6) is 5.75 Å². The molecular formula is C15H18N2O. The second-order valence-electron chi connectivity index (χ2n) is 4.19. The molecule has 0 radical (unpaired) electrons. The summed E-state index contributed by atoms with van der Waals surface area (Å²) in [4.78, 5) is 4.07. The van der Waals surface area contributed by atoms with Crippen LogP contribution in [0.4, 0.5) is 5.69 Å². The maximum atomic E-state index is 5.94. The predicted octanol–water partition coefficient (Wildman–Crippen LogP) is 2.85. The molecule has 1 aromatic carbocycles. The Hall–Kier alpha value is -2.03. The fourth-order valence-electron chi connectivity index (χ4n) is 1.77. The zero-order chi connectivity index (χ0) is 12.8. The van der Waals surface area contributed by atoms with E-state index in [0.29, 0.717) is 12.3 Å². The molecule has 0 bridgehead atoms. The van der Waals surface area contributed by atoms with Crippen molar-refractivity contribution in [3.8, 4) is 5.75 Å². The van der Waals surface area contributed by atoms with E-state index in [-0.39, 0.29) is 0 Å². The average Bonchev–Trinajstić information content (AvgIpc) is 2.42. The van der Waals surface area contributed by atoms with E-state index in [2.05, 4.69) is 18.0 Å². The van der Waals surface area contributed by atoms with Gasteiger partial charge in [-0.15, -0.1) is 0 Å². The maximum absolute atomic E-state index is 5.94. The molecule has 94 valence electrons. The molecule has 0 aliphatic carbocycles. The quantitative estimate of drug-likeness (QED) is 0.820. The standard InChI is InChI=1S/C15H18N2O/c1-2-12-5-6-15(14(16)10-12)18-9-7-13-4-3-8-17-11-13/h3-6,8,10-11H,2,7,9,16H2,1H3. The van der Waals surface area contributed by atoms with E-state index in [9.17, 15) is 0 Å². The van der Waals surface area contributed by atoms with Crippen molar-refractivity contribution in [3.05, 3.63) is 53.9 Å². The molecule has 2 N–H and O–H groups in total. The summed E-state index contributed by atoms with van der Waals surface area (Å²) in [6.07, 6.45) is 5.45. The lowest BCUT2D eigenvalue weighted by Crippen LogP contribution is -2.04. The molecule has 0 saturated heterocycles. The molecule has 3 heteroatoms. The Labute approximate surface area is 108 Å². The van der Waals surface area contributed by atoms with Gasteiger partial charge in [0, 0.05) is 18.8 Å². The molecule has 0 fully saturated rings. The number of benzene rings is 1. The summed E-state index contributed by atoms with van der Waals surface area (Å²) in [5.41, 5.74) is 9.04. The Morgan fingerprint density at radius 3 is 2.78 bits per heavy atom. The summed E-state index contributed by atoms with van der Waals surface area (Å²) in [5.74, 6) is 0.760. The number of hydrogen-bond donors (Lipinski definition) is 1. The smallest absolute Gasteiger partial charge is 0.142 e. The zero-order valence-electron chi connectivity index (χ0n) is 10.6. The van der Waals surface area contributed by atoms with E-state index in [1.54, 1.807) is 6.20 Å². The minimum atomic E-state index is 0.612. The number of anilines is 1. The summed E-state index contributed by atoms with van der Waals surface area (Å²) >= 11 is 0. The van der Waals surface area contributed by atoms with Gasteiger partial charge in [0.05, 0.1) is 12.3 Å². The van der Waals surface area contributed by atoms with Gasteiger partial charge in [-0.2, -0.15) is 0 Å². The van der Waals surface area contributed by atoms with Crippen LogP contribution >= 0.6 is 0 Å². The molecule has 1 aromatic heterocycles. The highest BCUT2D eigenvalue weighted by atomic mass is 16.5. The highest BCUT2D eigenvalue weighted by molar-refractivity contribution is 5.54. The summed E-state index contributed by atoms with van der Waals surface area (Å²) in [6, 6.07) is 9.94. The molecule has 1 heterocycles. The predicted molar refractivity (Wildman–Crippen MR) is 73.7 cm³/mol. The SMILES string of the molecule is CCc1ccc(OCCc2cccnc2)c(N)c1. The van der Waals surface area contributed by atoms with Gasteiger partial charge in [0.15, 0.2) is 0 Å². The molecule has 3 nitrogen and oxygen atoms in total. The van der Waals surface area contributed by atoms with Gasteiger partial charge < -0.3 is 10.5 Å². The van der Waals surface area contributed by atoms with E-state index >= 15 is 0 Å². The van der Waals surface area contributed by atoms with Crippen LogP contribution in [0, 0.1) is 0 Å². The number of nitrogens with zero attached hydrogens (tertiary/aromatic N) is 1. The molecule has 2 aromatic rings. The Bertz CT molecular complexity index is 497. The molecule has 18 heavy (non-hydrogen) atoms. The van der Waals surface area contributed by atoms with Gasteiger partial charge in [0.2, 0.25) is 0 Å². The molecule has 0 saturated carbocycles. The highest BCUT2D eigenvalue weighted by Crippen LogP contribution is 2.22. The third kappa shape index (κ3) is 3.23. The number of rotatable bonds is 5. The largest absolute Gasteiger partial charge is 0.491 e. The Morgan fingerprint density at radius 2 is 2.11 bits per heavy atom. The number of ether oxygens (including phenoxy) is 1. The summed E-state index contributed by atoms with van der Waals surface area (Å²) < 4.78 is 5.69. The molecule has 0 amide bonds. The second kappa shape index (κ2) is 6.05. The maximum Gasteiger partial charge on any atom is 0.142 e. The first kappa shape index (κ1) is 12.4. The van der Waals surface area contributed by atoms with Crippen molar-refractivity contribution in [2.24, 2.45) is 0 Å². The summed E-state index contributed by atoms with van der Waals surface area (Å²) in [7, 11) is 0. The zero-order valence-corrected chi connectivity index (χ0v) is 10.6. The number of aryl methyl sites for hydroxylation is 1. The first-order valence-electron chi connectivity index (χ1n) is 6.19. The number of nitrogen functional groups attached to an aromatic ring is 1. The van der Waals surface area contributed by atoms with Crippen molar-refractivity contribution in [1.29, 1.82) is 0 Å². The topological polar surface area (TPSA) is 48.1 Å². The van der Waals surface area contributed by atoms with Crippen molar-refractivity contribution in [1.82, 2.24) is 4.98 Å². The van der Waals surface area contributed by atoms with E-state index in [0.717, 1.165) is 18.6 Å². The van der Waals surface area contributed by atoms with Gasteiger partial charge in [0.25, 0.3) is 0 Å². The minimum Gasteiger partial charge on any atom is -0.491 e. The lowest BCUT2D eigenvalue weighted by molar-refractivity contribution is 0.323. The van der Waals surface area contributed by atoms with Crippen LogP contribution < -0.4 is 10.5 Å². The van der Waals surface area contributed by atoms with Crippen LogP contribution in [0.15, 0.2) is 42.7 Å². The first-order chi connectivity index (χ1) is 8.79. The van der Waals surface area contributed by atoms with Crippen molar-refractivity contribution in [2.75, 3.05) is 12.3 Å². The minimum absolute atomic E-state index is 0.612. The molecule has 0 aliphatic heterocycles. The van der Waals surface area contributed by atoms with E-state index in [4.69, 9.17) is 10.5 Å². The second-order valence-corrected chi connectivity index (χ2v) is 4.19. The number of aromatic nitrogens is 1. The number of pyridine rings is 1. The van der Waals surface area contributed by atoms with Gasteiger partial charge in [-0.1, -0.05) is 19.1 Å². The molecule has 2 rings (SSSR count). The van der Waals surface area contributed by atoms with Crippen molar-refractivity contribution in [3.63, 3.8) is 0 Å². The monoisotopic (exact) mass is 242 g/mol. The fourth-order valence-corrected chi connectivity index (χ4v) is 1.77. The van der Waals surface area contributed by atoms with Gasteiger partial charge in [-0.3, -0.25) is 4.98 Å². The normalized spacial score (nSPS) is 10.3. The fraction of sp³-hybridized carbons (Fsp3) is 0.267. The Kier molecular flexibility index (Phi) is 4.18. The van der Waals surface area contributed by atoms with Gasteiger partial charge in [-0.25, -0.2) is 0 Å². The van der Waals surface area contributed by atoms with Crippen molar-refractivity contribution in [2.45, 2.75) is 19.8 Å². The third-order valence-corrected chi connectivity index (χ3v) is 2.85. The molecule has 0 spiro atoms. The third-order valence-electron chi connectivity index (χ3n) is 2.85. The van der Waals surface area contributed by atoms with Gasteiger partial charge >= 0.3 is 0 Å². The van der Waals surface area contributed by atoms with Crippen molar-refractivity contribution >= 4 is 5.69 Å². The average molecular weight is 242 g/mol. The van der Waals surface area contributed by atoms with Crippen LogP contribution in [0.25, 0.3) is 0 Å². The molecule has 0 atom stereocenters. The lowest BCUT2D eigenvalue weighted by atomic mass is 10.1. The molecular weight excluding hydrogens is 224 g/mol. The van der Waals surface area contributed by atoms with Crippen LogP contribution in [0.3, 0.4) is 0 Å². The Morgan fingerprint density at radius 1 is 1.22 bits per heavy atom. The number of hydrogen-bond acceptors (Lipinski definition) is 3. The number of nitrogens with two attached hydrogens (primary N) is 1. The van der Waals surface area contributed by atoms with Gasteiger partial charge in [0.1, 0.15) is 5.75 Å². The highest BCUT2D eigenvalue weighted by Gasteiger charge is 2.01. The van der Waals surface area contributed by atoms with E-state index in [1.165, 1.54) is 11.1 Å². The van der Waals surface area contributed by atoms with Crippen LogP contribution in [0.1, 0.15) is 18.1 Å². The Balaban J connectivity index is 1.91. The molecule has 0 unspecified atom stereocenters. The lowest BCUT2D eigenvalue weighted by Gasteiger charge is -2.09. The molecule has 0 aliphatic rings. The van der Waals surface area contributed by atoms with Crippen molar-refractivity contribution < 1.29 is 4.74 Å². The van der Waals surface area contributed by atoms with Crippen LogP contribution in [-0.4, -0.2) is 11.6 Å². The summed E-state index contributed by atoms with van der Waals surface area (Å²) in [5, 5.41) is 0. The first-order valence-corrected chi connectivity index (χ1v) is 6.19.